The fraction of sp³-hybridized carbons (Fsp3) is 0.188. The summed E-state index contributed by atoms with van der Waals surface area (Å²) in [5.74, 6) is -0.217. The SMILES string of the molecule is CCNCc1ccccc1NC(=O)c1cc(Br)ccc1Cl. The minimum atomic E-state index is -0.217. The van der Waals surface area contributed by atoms with Crippen LogP contribution in [0.3, 0.4) is 0 Å². The zero-order valence-electron chi connectivity index (χ0n) is 11.6. The van der Waals surface area contributed by atoms with Gasteiger partial charge in [-0.15, -0.1) is 0 Å². The standard InChI is InChI=1S/C16H16BrClN2O/c1-2-19-10-11-5-3-4-6-15(11)20-16(21)13-9-12(17)7-8-14(13)18/h3-9,19H,2,10H2,1H3,(H,20,21). The molecule has 0 fully saturated rings. The van der Waals surface area contributed by atoms with Crippen LogP contribution in [0.15, 0.2) is 46.9 Å². The summed E-state index contributed by atoms with van der Waals surface area (Å²) >= 11 is 9.44. The van der Waals surface area contributed by atoms with Crippen molar-refractivity contribution >= 4 is 39.1 Å². The molecule has 2 aromatic rings. The van der Waals surface area contributed by atoms with E-state index in [9.17, 15) is 4.79 Å². The number of carbonyl (C=O) groups excluding carboxylic acids is 1. The molecule has 0 unspecified atom stereocenters. The molecular weight excluding hydrogens is 352 g/mol. The Bertz CT molecular complexity index is 646. The Morgan fingerprint density at radius 1 is 1.24 bits per heavy atom. The summed E-state index contributed by atoms with van der Waals surface area (Å²) in [5, 5.41) is 6.60. The van der Waals surface area contributed by atoms with Gasteiger partial charge in [0.25, 0.3) is 5.91 Å². The number of carbonyl (C=O) groups is 1. The second-order valence-electron chi connectivity index (χ2n) is 4.52. The van der Waals surface area contributed by atoms with E-state index in [0.29, 0.717) is 17.1 Å². The van der Waals surface area contributed by atoms with Gasteiger partial charge in [-0.1, -0.05) is 52.7 Å². The maximum atomic E-state index is 12.4. The molecule has 2 N–H and O–H groups in total. The number of nitrogens with one attached hydrogen (secondary N) is 2. The van der Waals surface area contributed by atoms with E-state index in [2.05, 4.69) is 26.6 Å². The van der Waals surface area contributed by atoms with Crippen LogP contribution in [0.4, 0.5) is 5.69 Å². The number of rotatable bonds is 5. The molecule has 2 rings (SSSR count). The van der Waals surface area contributed by atoms with Crippen molar-refractivity contribution in [3.05, 3.63) is 63.1 Å². The molecule has 2 aromatic carbocycles. The molecule has 0 aliphatic carbocycles. The van der Waals surface area contributed by atoms with Crippen LogP contribution in [0.25, 0.3) is 0 Å². The van der Waals surface area contributed by atoms with E-state index in [0.717, 1.165) is 22.3 Å². The molecule has 110 valence electrons. The molecule has 0 radical (unpaired) electrons. The van der Waals surface area contributed by atoms with Gasteiger partial charge < -0.3 is 10.6 Å². The first-order valence-corrected chi connectivity index (χ1v) is 7.84. The zero-order chi connectivity index (χ0) is 15.2. The minimum absolute atomic E-state index is 0.217. The number of para-hydroxylation sites is 1. The Labute approximate surface area is 137 Å². The Morgan fingerprint density at radius 3 is 2.76 bits per heavy atom. The van der Waals surface area contributed by atoms with Crippen LogP contribution in [0.5, 0.6) is 0 Å². The number of anilines is 1. The molecule has 21 heavy (non-hydrogen) atoms. The topological polar surface area (TPSA) is 41.1 Å². The average Bonchev–Trinajstić information content (AvgIpc) is 2.48. The van der Waals surface area contributed by atoms with Crippen molar-refractivity contribution in [3.8, 4) is 0 Å². The molecule has 0 saturated carbocycles. The van der Waals surface area contributed by atoms with Crippen LogP contribution in [-0.2, 0) is 6.54 Å². The van der Waals surface area contributed by atoms with Crippen molar-refractivity contribution < 1.29 is 4.79 Å². The normalized spacial score (nSPS) is 10.4. The third-order valence-corrected chi connectivity index (χ3v) is 3.83. The van der Waals surface area contributed by atoms with Gasteiger partial charge in [-0.05, 0) is 36.4 Å². The zero-order valence-corrected chi connectivity index (χ0v) is 14.0. The minimum Gasteiger partial charge on any atom is -0.322 e. The van der Waals surface area contributed by atoms with Crippen molar-refractivity contribution in [2.24, 2.45) is 0 Å². The van der Waals surface area contributed by atoms with Gasteiger partial charge in [-0.2, -0.15) is 0 Å². The van der Waals surface area contributed by atoms with Crippen LogP contribution >= 0.6 is 27.5 Å². The lowest BCUT2D eigenvalue weighted by Gasteiger charge is -2.12. The van der Waals surface area contributed by atoms with Crippen molar-refractivity contribution in [2.75, 3.05) is 11.9 Å². The van der Waals surface area contributed by atoms with Crippen LogP contribution in [0.2, 0.25) is 5.02 Å². The summed E-state index contributed by atoms with van der Waals surface area (Å²) in [6, 6.07) is 12.9. The lowest BCUT2D eigenvalue weighted by atomic mass is 10.1. The van der Waals surface area contributed by atoms with E-state index in [1.54, 1.807) is 18.2 Å². The molecule has 0 atom stereocenters. The monoisotopic (exact) mass is 366 g/mol. The lowest BCUT2D eigenvalue weighted by molar-refractivity contribution is 0.102. The van der Waals surface area contributed by atoms with E-state index in [1.807, 2.05) is 31.2 Å². The largest absolute Gasteiger partial charge is 0.322 e. The molecule has 3 nitrogen and oxygen atoms in total. The highest BCUT2D eigenvalue weighted by Gasteiger charge is 2.12. The summed E-state index contributed by atoms with van der Waals surface area (Å²) in [6.45, 7) is 3.63. The maximum absolute atomic E-state index is 12.4. The molecule has 0 spiro atoms. The van der Waals surface area contributed by atoms with E-state index in [-0.39, 0.29) is 5.91 Å². The van der Waals surface area contributed by atoms with Crippen molar-refractivity contribution in [1.82, 2.24) is 5.32 Å². The fourth-order valence-corrected chi connectivity index (χ4v) is 2.48. The summed E-state index contributed by atoms with van der Waals surface area (Å²) < 4.78 is 0.818. The second kappa shape index (κ2) is 7.59. The Kier molecular flexibility index (Phi) is 5.79. The summed E-state index contributed by atoms with van der Waals surface area (Å²) in [4.78, 5) is 12.4. The van der Waals surface area contributed by atoms with Crippen molar-refractivity contribution in [3.63, 3.8) is 0 Å². The van der Waals surface area contributed by atoms with E-state index < -0.39 is 0 Å². The summed E-state index contributed by atoms with van der Waals surface area (Å²) in [6.07, 6.45) is 0. The molecule has 0 aliphatic rings. The third-order valence-electron chi connectivity index (χ3n) is 3.00. The van der Waals surface area contributed by atoms with Crippen LogP contribution in [0, 0.1) is 0 Å². The van der Waals surface area contributed by atoms with Gasteiger partial charge in [0.1, 0.15) is 0 Å². The third kappa shape index (κ3) is 4.30. The first-order valence-electron chi connectivity index (χ1n) is 6.67. The molecule has 1 amide bonds. The highest BCUT2D eigenvalue weighted by molar-refractivity contribution is 9.10. The molecule has 0 aliphatic heterocycles. The average molecular weight is 368 g/mol. The van der Waals surface area contributed by atoms with Gasteiger partial charge in [0.05, 0.1) is 10.6 Å². The number of hydrogen-bond acceptors (Lipinski definition) is 2. The van der Waals surface area contributed by atoms with Crippen molar-refractivity contribution in [2.45, 2.75) is 13.5 Å². The molecule has 5 heteroatoms. The molecule has 0 aromatic heterocycles. The van der Waals surface area contributed by atoms with E-state index in [4.69, 9.17) is 11.6 Å². The first kappa shape index (κ1) is 16.0. The van der Waals surface area contributed by atoms with Crippen molar-refractivity contribution in [1.29, 1.82) is 0 Å². The summed E-state index contributed by atoms with van der Waals surface area (Å²) in [7, 11) is 0. The van der Waals surface area contributed by atoms with Crippen LogP contribution < -0.4 is 10.6 Å². The van der Waals surface area contributed by atoms with Crippen LogP contribution in [0.1, 0.15) is 22.8 Å². The number of amides is 1. The van der Waals surface area contributed by atoms with Gasteiger partial charge in [-0.3, -0.25) is 4.79 Å². The Balaban J connectivity index is 2.21. The molecule has 0 saturated heterocycles. The predicted molar refractivity (Wildman–Crippen MR) is 90.9 cm³/mol. The highest BCUT2D eigenvalue weighted by atomic mass is 79.9. The van der Waals surface area contributed by atoms with Gasteiger partial charge in [0.15, 0.2) is 0 Å². The highest BCUT2D eigenvalue weighted by Crippen LogP contribution is 2.23. The molecule has 0 bridgehead atoms. The van der Waals surface area contributed by atoms with Gasteiger partial charge >= 0.3 is 0 Å². The van der Waals surface area contributed by atoms with E-state index >= 15 is 0 Å². The molecular formula is C16H16BrClN2O. The fourth-order valence-electron chi connectivity index (χ4n) is 1.92. The lowest BCUT2D eigenvalue weighted by Crippen LogP contribution is -2.17. The Morgan fingerprint density at radius 2 is 2.00 bits per heavy atom. The first-order chi connectivity index (χ1) is 10.1. The quantitative estimate of drug-likeness (QED) is 0.819. The second-order valence-corrected chi connectivity index (χ2v) is 5.84. The van der Waals surface area contributed by atoms with E-state index in [1.165, 1.54) is 0 Å². The predicted octanol–water partition coefficient (Wildman–Crippen LogP) is 4.46. The van der Waals surface area contributed by atoms with Gasteiger partial charge in [0.2, 0.25) is 0 Å². The van der Waals surface area contributed by atoms with Gasteiger partial charge in [0, 0.05) is 16.7 Å². The number of halogens is 2. The summed E-state index contributed by atoms with van der Waals surface area (Å²) in [5.41, 5.74) is 2.28. The number of benzene rings is 2. The number of hydrogen-bond donors (Lipinski definition) is 2. The van der Waals surface area contributed by atoms with Crippen LogP contribution in [-0.4, -0.2) is 12.5 Å². The molecule has 0 heterocycles. The Hall–Kier alpha value is -1.36. The maximum Gasteiger partial charge on any atom is 0.257 e. The van der Waals surface area contributed by atoms with Gasteiger partial charge in [-0.25, -0.2) is 0 Å². The smallest absolute Gasteiger partial charge is 0.257 e.